The Hall–Kier alpha value is -1.55. The van der Waals surface area contributed by atoms with Crippen LogP contribution in [-0.2, 0) is 4.79 Å². The smallest absolute Gasteiger partial charge is 0.229 e. The predicted octanol–water partition coefficient (Wildman–Crippen LogP) is 2.18. The monoisotopic (exact) mass is 262 g/mol. The van der Waals surface area contributed by atoms with Gasteiger partial charge in [-0.15, -0.1) is 0 Å². The summed E-state index contributed by atoms with van der Waals surface area (Å²) in [4.78, 5) is 14.2. The first-order valence-electron chi connectivity index (χ1n) is 6.79. The molecule has 1 aliphatic carbocycles. The molecule has 104 valence electrons. The molecule has 2 atom stereocenters. The maximum atomic E-state index is 12.4. The summed E-state index contributed by atoms with van der Waals surface area (Å²) in [7, 11) is 3.46. The molecule has 1 fully saturated rings. The molecular weight excluding hydrogens is 240 g/mol. The molecule has 1 amide bonds. The summed E-state index contributed by atoms with van der Waals surface area (Å²) in [5, 5.41) is 0. The fraction of sp³-hybridized carbons (Fsp3) is 0.533. The summed E-state index contributed by atoms with van der Waals surface area (Å²) in [5.74, 6) is 1.03. The number of rotatable bonds is 3. The molecule has 2 rings (SSSR count). The Kier molecular flexibility index (Phi) is 4.43. The molecule has 0 radical (unpaired) electrons. The van der Waals surface area contributed by atoms with Gasteiger partial charge < -0.3 is 15.4 Å². The average molecular weight is 262 g/mol. The van der Waals surface area contributed by atoms with Gasteiger partial charge >= 0.3 is 0 Å². The largest absolute Gasteiger partial charge is 0.497 e. The molecule has 1 aliphatic rings. The molecule has 0 heterocycles. The lowest BCUT2D eigenvalue weighted by Gasteiger charge is -2.29. The quantitative estimate of drug-likeness (QED) is 0.908. The van der Waals surface area contributed by atoms with E-state index in [0.717, 1.165) is 37.1 Å². The zero-order valence-electron chi connectivity index (χ0n) is 11.6. The Morgan fingerprint density at radius 2 is 2.00 bits per heavy atom. The highest BCUT2D eigenvalue weighted by molar-refractivity contribution is 5.94. The van der Waals surface area contributed by atoms with Crippen molar-refractivity contribution in [2.24, 2.45) is 11.7 Å². The van der Waals surface area contributed by atoms with Crippen LogP contribution in [0.2, 0.25) is 0 Å². The van der Waals surface area contributed by atoms with E-state index in [1.54, 1.807) is 12.0 Å². The summed E-state index contributed by atoms with van der Waals surface area (Å²) >= 11 is 0. The minimum atomic E-state index is 0.0656. The van der Waals surface area contributed by atoms with Crippen LogP contribution in [0.15, 0.2) is 24.3 Å². The number of anilines is 1. The van der Waals surface area contributed by atoms with Crippen LogP contribution >= 0.6 is 0 Å². The fourth-order valence-electron chi connectivity index (χ4n) is 2.66. The van der Waals surface area contributed by atoms with Gasteiger partial charge in [0.15, 0.2) is 0 Å². The minimum absolute atomic E-state index is 0.0656. The summed E-state index contributed by atoms with van der Waals surface area (Å²) in [6, 6.07) is 7.71. The number of carbonyl (C=O) groups is 1. The van der Waals surface area contributed by atoms with Crippen molar-refractivity contribution in [1.82, 2.24) is 0 Å². The van der Waals surface area contributed by atoms with Crippen LogP contribution in [0.5, 0.6) is 5.75 Å². The van der Waals surface area contributed by atoms with Crippen LogP contribution in [-0.4, -0.2) is 26.1 Å². The van der Waals surface area contributed by atoms with E-state index in [0.29, 0.717) is 0 Å². The molecule has 0 spiro atoms. The molecule has 0 bridgehead atoms. The fourth-order valence-corrected chi connectivity index (χ4v) is 2.66. The van der Waals surface area contributed by atoms with Crippen molar-refractivity contribution in [2.45, 2.75) is 31.7 Å². The zero-order valence-corrected chi connectivity index (χ0v) is 11.6. The molecule has 2 unspecified atom stereocenters. The molecule has 1 aromatic carbocycles. The summed E-state index contributed by atoms with van der Waals surface area (Å²) in [5.41, 5.74) is 6.85. The van der Waals surface area contributed by atoms with E-state index < -0.39 is 0 Å². The van der Waals surface area contributed by atoms with Gasteiger partial charge in [-0.25, -0.2) is 0 Å². The second-order valence-corrected chi connectivity index (χ2v) is 5.22. The number of nitrogens with two attached hydrogens (primary N) is 1. The highest BCUT2D eigenvalue weighted by atomic mass is 16.5. The first-order valence-corrected chi connectivity index (χ1v) is 6.79. The van der Waals surface area contributed by atoms with E-state index in [4.69, 9.17) is 10.5 Å². The van der Waals surface area contributed by atoms with E-state index in [9.17, 15) is 4.79 Å². The normalized spacial score (nSPS) is 22.9. The SMILES string of the molecule is COc1ccc(N(C)C(=O)C2CCCC(N)C2)cc1. The zero-order chi connectivity index (χ0) is 13.8. The topological polar surface area (TPSA) is 55.6 Å². The summed E-state index contributed by atoms with van der Waals surface area (Å²) in [6.45, 7) is 0. The lowest BCUT2D eigenvalue weighted by Crippen LogP contribution is -2.38. The van der Waals surface area contributed by atoms with E-state index in [1.807, 2.05) is 31.3 Å². The Labute approximate surface area is 114 Å². The maximum absolute atomic E-state index is 12.4. The Balaban J connectivity index is 2.05. The summed E-state index contributed by atoms with van der Waals surface area (Å²) in [6.07, 6.45) is 3.84. The highest BCUT2D eigenvalue weighted by Gasteiger charge is 2.28. The molecule has 4 nitrogen and oxygen atoms in total. The van der Waals surface area contributed by atoms with E-state index in [1.165, 1.54) is 0 Å². The number of ether oxygens (including phenoxy) is 1. The van der Waals surface area contributed by atoms with Gasteiger partial charge in [0.1, 0.15) is 5.75 Å². The number of amides is 1. The number of hydrogen-bond donors (Lipinski definition) is 1. The molecule has 0 aromatic heterocycles. The lowest BCUT2D eigenvalue weighted by molar-refractivity contribution is -0.123. The minimum Gasteiger partial charge on any atom is -0.497 e. The van der Waals surface area contributed by atoms with E-state index in [2.05, 4.69) is 0 Å². The third-order valence-corrected chi connectivity index (χ3v) is 3.85. The van der Waals surface area contributed by atoms with Gasteiger partial charge in [-0.2, -0.15) is 0 Å². The molecular formula is C15H22N2O2. The van der Waals surface area contributed by atoms with Crippen LogP contribution in [0.25, 0.3) is 0 Å². The molecule has 19 heavy (non-hydrogen) atoms. The second-order valence-electron chi connectivity index (χ2n) is 5.22. The lowest BCUT2D eigenvalue weighted by atomic mass is 9.85. The van der Waals surface area contributed by atoms with Crippen LogP contribution in [0.3, 0.4) is 0 Å². The van der Waals surface area contributed by atoms with Crippen molar-refractivity contribution >= 4 is 11.6 Å². The van der Waals surface area contributed by atoms with Crippen LogP contribution in [0.1, 0.15) is 25.7 Å². The van der Waals surface area contributed by atoms with Crippen molar-refractivity contribution < 1.29 is 9.53 Å². The molecule has 4 heteroatoms. The van der Waals surface area contributed by atoms with Crippen molar-refractivity contribution in [3.8, 4) is 5.75 Å². The van der Waals surface area contributed by atoms with Gasteiger partial charge in [0.05, 0.1) is 7.11 Å². The molecule has 0 aliphatic heterocycles. The van der Waals surface area contributed by atoms with E-state index in [-0.39, 0.29) is 17.9 Å². The van der Waals surface area contributed by atoms with Gasteiger partial charge in [-0.3, -0.25) is 4.79 Å². The highest BCUT2D eigenvalue weighted by Crippen LogP contribution is 2.27. The molecule has 1 aromatic rings. The average Bonchev–Trinajstić information content (AvgIpc) is 2.46. The third kappa shape index (κ3) is 3.26. The van der Waals surface area contributed by atoms with Crippen LogP contribution < -0.4 is 15.4 Å². The second kappa shape index (κ2) is 6.06. The Bertz CT molecular complexity index is 430. The first kappa shape index (κ1) is 13.9. The number of methoxy groups -OCH3 is 1. The van der Waals surface area contributed by atoms with Crippen molar-refractivity contribution in [3.05, 3.63) is 24.3 Å². The van der Waals surface area contributed by atoms with Gasteiger partial charge in [-0.05, 0) is 43.5 Å². The Morgan fingerprint density at radius 3 is 2.58 bits per heavy atom. The standard InChI is InChI=1S/C15H22N2O2/c1-17(13-6-8-14(19-2)9-7-13)15(18)11-4-3-5-12(16)10-11/h6-9,11-12H,3-5,10,16H2,1-2H3. The van der Waals surface area contributed by atoms with Crippen LogP contribution in [0, 0.1) is 5.92 Å². The number of carbonyl (C=O) groups excluding carboxylic acids is 1. The number of benzene rings is 1. The van der Waals surface area contributed by atoms with Crippen molar-refractivity contribution in [3.63, 3.8) is 0 Å². The van der Waals surface area contributed by atoms with E-state index >= 15 is 0 Å². The molecule has 1 saturated carbocycles. The van der Waals surface area contributed by atoms with Crippen LogP contribution in [0.4, 0.5) is 5.69 Å². The number of nitrogens with zero attached hydrogens (tertiary/aromatic N) is 1. The molecule has 0 saturated heterocycles. The molecule has 2 N–H and O–H groups in total. The van der Waals surface area contributed by atoms with Gasteiger partial charge in [0.2, 0.25) is 5.91 Å². The predicted molar refractivity (Wildman–Crippen MR) is 76.3 cm³/mol. The van der Waals surface area contributed by atoms with Gasteiger partial charge in [0, 0.05) is 24.7 Å². The summed E-state index contributed by atoms with van der Waals surface area (Å²) < 4.78 is 5.12. The van der Waals surface area contributed by atoms with Crippen molar-refractivity contribution in [2.75, 3.05) is 19.1 Å². The first-order chi connectivity index (χ1) is 9.11. The number of hydrogen-bond acceptors (Lipinski definition) is 3. The van der Waals surface area contributed by atoms with Gasteiger partial charge in [0.25, 0.3) is 0 Å². The van der Waals surface area contributed by atoms with Crippen molar-refractivity contribution in [1.29, 1.82) is 0 Å². The van der Waals surface area contributed by atoms with Gasteiger partial charge in [-0.1, -0.05) is 6.42 Å². The maximum Gasteiger partial charge on any atom is 0.229 e. The third-order valence-electron chi connectivity index (χ3n) is 3.85. The Morgan fingerprint density at radius 1 is 1.32 bits per heavy atom.